The third kappa shape index (κ3) is 3.99. The summed E-state index contributed by atoms with van der Waals surface area (Å²) in [6.07, 6.45) is 8.00. The van der Waals surface area contributed by atoms with E-state index < -0.39 is 0 Å². The van der Waals surface area contributed by atoms with Gasteiger partial charge in [-0.05, 0) is 80.4 Å². The van der Waals surface area contributed by atoms with Crippen molar-refractivity contribution in [1.82, 2.24) is 9.88 Å². The molecular weight excluding hydrogens is 323 g/mol. The number of H-pyrrole nitrogens is 1. The zero-order chi connectivity index (χ0) is 17.8. The molecule has 1 fully saturated rings. The Labute approximate surface area is 155 Å². The van der Waals surface area contributed by atoms with Crippen LogP contribution in [0.4, 0.5) is 4.39 Å². The molecule has 0 spiro atoms. The Kier molecular flexibility index (Phi) is 5.35. The fourth-order valence-electron chi connectivity index (χ4n) is 4.26. The van der Waals surface area contributed by atoms with Gasteiger partial charge in [0.05, 0.1) is 0 Å². The summed E-state index contributed by atoms with van der Waals surface area (Å²) in [5, 5.41) is 1.03. The maximum atomic E-state index is 13.5. The first-order valence-corrected chi connectivity index (χ1v) is 9.82. The first-order valence-electron chi connectivity index (χ1n) is 9.82. The number of unbranched alkanes of at least 4 members (excludes halogenated alkanes) is 1. The number of aryl methyl sites for hydroxylation is 1. The molecule has 1 saturated heterocycles. The number of benzene rings is 2. The third-order valence-electron chi connectivity index (χ3n) is 5.68. The Morgan fingerprint density at radius 2 is 1.96 bits per heavy atom. The van der Waals surface area contributed by atoms with Gasteiger partial charge in [0.15, 0.2) is 0 Å². The number of hydrogen-bond donors (Lipinski definition) is 1. The standard InChI is InChI=1S/C23H27FN2/c24-21-11-12-23-22(15-21)19(16-25-23)9-4-5-13-26-14-6-10-20(17-26)18-7-2-1-3-8-18/h1-3,7-8,11-12,15-16,20,25H,4-6,9-10,13-14,17H2. The Morgan fingerprint density at radius 3 is 2.85 bits per heavy atom. The number of nitrogens with zero attached hydrogens (tertiary/aromatic N) is 1. The van der Waals surface area contributed by atoms with Crippen LogP contribution in [0.25, 0.3) is 10.9 Å². The van der Waals surface area contributed by atoms with Crippen LogP contribution in [0, 0.1) is 5.82 Å². The van der Waals surface area contributed by atoms with Crippen molar-refractivity contribution in [3.63, 3.8) is 0 Å². The summed E-state index contributed by atoms with van der Waals surface area (Å²) in [6, 6.07) is 15.9. The van der Waals surface area contributed by atoms with E-state index in [1.165, 1.54) is 56.1 Å². The molecule has 1 unspecified atom stereocenters. The van der Waals surface area contributed by atoms with Crippen LogP contribution in [0.2, 0.25) is 0 Å². The van der Waals surface area contributed by atoms with Gasteiger partial charge in [-0.15, -0.1) is 0 Å². The average Bonchev–Trinajstić information content (AvgIpc) is 3.08. The molecule has 26 heavy (non-hydrogen) atoms. The molecule has 136 valence electrons. The molecule has 3 aromatic rings. The third-order valence-corrected chi connectivity index (χ3v) is 5.68. The summed E-state index contributed by atoms with van der Waals surface area (Å²) < 4.78 is 13.5. The highest BCUT2D eigenvalue weighted by atomic mass is 19.1. The van der Waals surface area contributed by atoms with Crippen molar-refractivity contribution in [2.24, 2.45) is 0 Å². The minimum atomic E-state index is -0.154. The second-order valence-electron chi connectivity index (χ2n) is 7.51. The lowest BCUT2D eigenvalue weighted by Gasteiger charge is -2.33. The lowest BCUT2D eigenvalue weighted by Crippen LogP contribution is -2.35. The first kappa shape index (κ1) is 17.3. The summed E-state index contributed by atoms with van der Waals surface area (Å²) in [5.74, 6) is 0.528. The topological polar surface area (TPSA) is 19.0 Å². The van der Waals surface area contributed by atoms with E-state index in [0.717, 1.165) is 23.7 Å². The van der Waals surface area contributed by atoms with Crippen LogP contribution in [-0.2, 0) is 6.42 Å². The van der Waals surface area contributed by atoms with Crippen molar-refractivity contribution >= 4 is 10.9 Å². The summed E-state index contributed by atoms with van der Waals surface area (Å²) >= 11 is 0. The molecule has 1 aromatic heterocycles. The van der Waals surface area contributed by atoms with Crippen LogP contribution in [-0.4, -0.2) is 29.5 Å². The second-order valence-corrected chi connectivity index (χ2v) is 7.51. The Hall–Kier alpha value is -2.13. The number of hydrogen-bond acceptors (Lipinski definition) is 1. The molecule has 1 aliphatic heterocycles. The zero-order valence-corrected chi connectivity index (χ0v) is 15.3. The lowest BCUT2D eigenvalue weighted by molar-refractivity contribution is 0.204. The molecule has 0 bridgehead atoms. The molecule has 2 nitrogen and oxygen atoms in total. The van der Waals surface area contributed by atoms with E-state index in [2.05, 4.69) is 40.2 Å². The van der Waals surface area contributed by atoms with Gasteiger partial charge in [-0.25, -0.2) is 4.39 Å². The van der Waals surface area contributed by atoms with E-state index in [-0.39, 0.29) is 5.82 Å². The molecule has 0 aliphatic carbocycles. The fourth-order valence-corrected chi connectivity index (χ4v) is 4.26. The van der Waals surface area contributed by atoms with Crippen molar-refractivity contribution in [3.05, 3.63) is 71.7 Å². The highest BCUT2D eigenvalue weighted by Crippen LogP contribution is 2.27. The Balaban J connectivity index is 1.27. The largest absolute Gasteiger partial charge is 0.361 e. The first-order chi connectivity index (χ1) is 12.8. The van der Waals surface area contributed by atoms with Gasteiger partial charge < -0.3 is 9.88 Å². The number of aromatic nitrogens is 1. The minimum Gasteiger partial charge on any atom is -0.361 e. The van der Waals surface area contributed by atoms with E-state index in [1.54, 1.807) is 6.07 Å². The summed E-state index contributed by atoms with van der Waals surface area (Å²) in [6.45, 7) is 3.57. The van der Waals surface area contributed by atoms with Gasteiger partial charge in [-0.3, -0.25) is 0 Å². The number of nitrogens with one attached hydrogen (secondary N) is 1. The Bertz CT molecular complexity index is 840. The zero-order valence-electron chi connectivity index (χ0n) is 15.3. The number of aromatic amines is 1. The predicted molar refractivity (Wildman–Crippen MR) is 106 cm³/mol. The van der Waals surface area contributed by atoms with Crippen molar-refractivity contribution in [2.75, 3.05) is 19.6 Å². The number of rotatable bonds is 6. The number of fused-ring (bicyclic) bond motifs is 1. The van der Waals surface area contributed by atoms with Crippen molar-refractivity contribution in [3.8, 4) is 0 Å². The molecule has 2 aromatic carbocycles. The van der Waals surface area contributed by atoms with Crippen LogP contribution in [0.3, 0.4) is 0 Å². The molecule has 0 amide bonds. The van der Waals surface area contributed by atoms with E-state index in [0.29, 0.717) is 5.92 Å². The van der Waals surface area contributed by atoms with Crippen LogP contribution in [0.5, 0.6) is 0 Å². The monoisotopic (exact) mass is 350 g/mol. The van der Waals surface area contributed by atoms with E-state index in [4.69, 9.17) is 0 Å². The van der Waals surface area contributed by atoms with Gasteiger partial charge >= 0.3 is 0 Å². The molecule has 0 saturated carbocycles. The van der Waals surface area contributed by atoms with Gasteiger partial charge in [0.2, 0.25) is 0 Å². The Morgan fingerprint density at radius 1 is 1.08 bits per heavy atom. The quantitative estimate of drug-likeness (QED) is 0.581. The molecule has 3 heteroatoms. The maximum absolute atomic E-state index is 13.5. The highest BCUT2D eigenvalue weighted by molar-refractivity contribution is 5.83. The van der Waals surface area contributed by atoms with Crippen LogP contribution < -0.4 is 0 Å². The number of piperidine rings is 1. The number of halogens is 1. The summed E-state index contributed by atoms with van der Waals surface area (Å²) in [5.41, 5.74) is 3.75. The average molecular weight is 350 g/mol. The highest BCUT2D eigenvalue weighted by Gasteiger charge is 2.20. The van der Waals surface area contributed by atoms with Crippen LogP contribution in [0.15, 0.2) is 54.7 Å². The molecular formula is C23H27FN2. The van der Waals surface area contributed by atoms with Gasteiger partial charge in [-0.2, -0.15) is 0 Å². The van der Waals surface area contributed by atoms with Crippen molar-refractivity contribution in [2.45, 2.75) is 38.0 Å². The second kappa shape index (κ2) is 8.05. The van der Waals surface area contributed by atoms with E-state index >= 15 is 0 Å². The van der Waals surface area contributed by atoms with Crippen LogP contribution in [0.1, 0.15) is 42.7 Å². The lowest BCUT2D eigenvalue weighted by atomic mass is 9.90. The van der Waals surface area contributed by atoms with Gasteiger partial charge in [-0.1, -0.05) is 30.3 Å². The van der Waals surface area contributed by atoms with Gasteiger partial charge in [0, 0.05) is 23.6 Å². The maximum Gasteiger partial charge on any atom is 0.123 e. The van der Waals surface area contributed by atoms with E-state index in [9.17, 15) is 4.39 Å². The van der Waals surface area contributed by atoms with Crippen molar-refractivity contribution in [1.29, 1.82) is 0 Å². The van der Waals surface area contributed by atoms with Crippen molar-refractivity contribution < 1.29 is 4.39 Å². The molecule has 0 radical (unpaired) electrons. The van der Waals surface area contributed by atoms with E-state index in [1.807, 2.05) is 12.3 Å². The van der Waals surface area contributed by atoms with Crippen LogP contribution >= 0.6 is 0 Å². The fraction of sp³-hybridized carbons (Fsp3) is 0.391. The number of likely N-dealkylation sites (tertiary alicyclic amines) is 1. The molecule has 2 heterocycles. The van der Waals surface area contributed by atoms with Gasteiger partial charge in [0.1, 0.15) is 5.82 Å². The smallest absolute Gasteiger partial charge is 0.123 e. The molecule has 1 atom stereocenters. The summed E-state index contributed by atoms with van der Waals surface area (Å²) in [4.78, 5) is 5.87. The minimum absolute atomic E-state index is 0.154. The molecule has 1 N–H and O–H groups in total. The molecule has 4 rings (SSSR count). The summed E-state index contributed by atoms with van der Waals surface area (Å²) in [7, 11) is 0. The predicted octanol–water partition coefficient (Wildman–Crippen LogP) is 5.51. The normalized spacial score (nSPS) is 18.4. The van der Waals surface area contributed by atoms with Gasteiger partial charge in [0.25, 0.3) is 0 Å². The molecule has 1 aliphatic rings. The SMILES string of the molecule is Fc1ccc2[nH]cc(CCCCN3CCCC(c4ccccc4)C3)c2c1.